The Bertz CT molecular complexity index is 1210. The number of methoxy groups -OCH3 is 2. The lowest BCUT2D eigenvalue weighted by Gasteiger charge is -2.33. The summed E-state index contributed by atoms with van der Waals surface area (Å²) < 4.78 is 10.7. The number of amides is 2. The van der Waals surface area contributed by atoms with Gasteiger partial charge in [-0.25, -0.2) is 0 Å². The molecule has 1 saturated carbocycles. The summed E-state index contributed by atoms with van der Waals surface area (Å²) in [6.45, 7) is 2.31. The van der Waals surface area contributed by atoms with Crippen LogP contribution in [0.5, 0.6) is 11.5 Å². The van der Waals surface area contributed by atoms with Crippen molar-refractivity contribution in [3.63, 3.8) is 0 Å². The summed E-state index contributed by atoms with van der Waals surface area (Å²) in [6.07, 6.45) is 5.88. The zero-order valence-corrected chi connectivity index (χ0v) is 21.2. The number of ether oxygens (including phenoxy) is 2. The van der Waals surface area contributed by atoms with Gasteiger partial charge in [-0.3, -0.25) is 19.3 Å². The van der Waals surface area contributed by atoms with Crippen molar-refractivity contribution in [3.8, 4) is 11.5 Å². The lowest BCUT2D eigenvalue weighted by molar-refractivity contribution is -0.140. The van der Waals surface area contributed by atoms with Crippen LogP contribution in [0.25, 0.3) is 0 Å². The standard InChI is InChI=1S/C30H33NO5/c1-18-7-10-20(11-8-18)24(32)17-22-16-21-5-4-6-23(21)28-27(22)29(33)31(30(28)34)14-13-19-9-12-25(35-2)26(15-19)36-3/h7-12,15-16,22-23,27-28H,4-6,13-14,17H2,1-3H3/t22-,23-,27?,28?/m1/s1. The van der Waals surface area contributed by atoms with E-state index in [2.05, 4.69) is 6.08 Å². The molecule has 4 atom stereocenters. The molecular weight excluding hydrogens is 454 g/mol. The van der Waals surface area contributed by atoms with E-state index < -0.39 is 5.92 Å². The average molecular weight is 488 g/mol. The van der Waals surface area contributed by atoms with Gasteiger partial charge in [0.25, 0.3) is 0 Å². The summed E-state index contributed by atoms with van der Waals surface area (Å²) in [5, 5.41) is 0. The Morgan fingerprint density at radius 1 is 0.972 bits per heavy atom. The third-order valence-corrected chi connectivity index (χ3v) is 8.14. The molecule has 0 spiro atoms. The van der Waals surface area contributed by atoms with Gasteiger partial charge in [0.05, 0.1) is 26.1 Å². The van der Waals surface area contributed by atoms with Crippen molar-refractivity contribution in [3.05, 3.63) is 70.8 Å². The van der Waals surface area contributed by atoms with Gasteiger partial charge in [-0.15, -0.1) is 0 Å². The number of hydrogen-bond donors (Lipinski definition) is 0. The molecule has 2 fully saturated rings. The zero-order chi connectivity index (χ0) is 25.4. The van der Waals surface area contributed by atoms with Gasteiger partial charge in [0.15, 0.2) is 17.3 Å². The highest BCUT2D eigenvalue weighted by atomic mass is 16.5. The van der Waals surface area contributed by atoms with E-state index in [0.717, 1.165) is 30.4 Å². The van der Waals surface area contributed by atoms with Crippen molar-refractivity contribution < 1.29 is 23.9 Å². The maximum absolute atomic E-state index is 13.7. The lowest BCUT2D eigenvalue weighted by atomic mass is 9.67. The maximum Gasteiger partial charge on any atom is 0.233 e. The fraction of sp³-hybridized carbons (Fsp3) is 0.433. The second-order valence-corrected chi connectivity index (χ2v) is 10.2. The van der Waals surface area contributed by atoms with Crippen molar-refractivity contribution in [2.45, 2.75) is 39.0 Å². The Morgan fingerprint density at radius 2 is 1.69 bits per heavy atom. The summed E-state index contributed by atoms with van der Waals surface area (Å²) >= 11 is 0. The number of nitrogens with zero attached hydrogens (tertiary/aromatic N) is 1. The minimum Gasteiger partial charge on any atom is -0.493 e. The first-order valence-electron chi connectivity index (χ1n) is 12.8. The second kappa shape index (κ2) is 9.92. The molecule has 1 heterocycles. The first kappa shape index (κ1) is 24.3. The largest absolute Gasteiger partial charge is 0.493 e. The number of imide groups is 1. The second-order valence-electron chi connectivity index (χ2n) is 10.2. The molecule has 2 aromatic rings. The SMILES string of the molecule is COc1ccc(CCN2C(=O)C3C(C2=O)[C@@H]2CCCC2=C[C@@H]3CC(=O)c2ccc(C)cc2)cc1OC. The molecule has 0 aromatic heterocycles. The summed E-state index contributed by atoms with van der Waals surface area (Å²) in [7, 11) is 3.18. The van der Waals surface area contributed by atoms with Gasteiger partial charge in [0, 0.05) is 18.5 Å². The van der Waals surface area contributed by atoms with Crippen LogP contribution in [0, 0.1) is 30.6 Å². The average Bonchev–Trinajstić information content (AvgIpc) is 3.45. The minimum absolute atomic E-state index is 0.0241. The number of hydrogen-bond acceptors (Lipinski definition) is 5. The molecule has 188 valence electrons. The molecular formula is C30H33NO5. The number of likely N-dealkylation sites (tertiary alicyclic amines) is 1. The van der Waals surface area contributed by atoms with E-state index in [0.29, 0.717) is 30.0 Å². The molecule has 2 amide bonds. The first-order valence-corrected chi connectivity index (χ1v) is 12.8. The van der Waals surface area contributed by atoms with Gasteiger partial charge >= 0.3 is 0 Å². The van der Waals surface area contributed by atoms with Crippen LogP contribution in [0.1, 0.15) is 47.2 Å². The van der Waals surface area contributed by atoms with E-state index in [1.807, 2.05) is 49.4 Å². The van der Waals surface area contributed by atoms with Crippen molar-refractivity contribution in [1.82, 2.24) is 4.90 Å². The molecule has 2 aliphatic carbocycles. The normalized spacial score (nSPS) is 24.9. The number of carbonyl (C=O) groups excluding carboxylic acids is 3. The van der Waals surface area contributed by atoms with Crippen LogP contribution >= 0.6 is 0 Å². The first-order chi connectivity index (χ1) is 17.4. The van der Waals surface area contributed by atoms with Crippen LogP contribution in [0.3, 0.4) is 0 Å². The Balaban J connectivity index is 1.36. The molecule has 0 N–H and O–H groups in total. The number of fused-ring (bicyclic) bond motifs is 3. The van der Waals surface area contributed by atoms with Gasteiger partial charge in [0.2, 0.25) is 11.8 Å². The van der Waals surface area contributed by atoms with Gasteiger partial charge in [0.1, 0.15) is 0 Å². The van der Waals surface area contributed by atoms with E-state index in [-0.39, 0.29) is 41.8 Å². The molecule has 1 aliphatic heterocycles. The lowest BCUT2D eigenvalue weighted by Crippen LogP contribution is -2.35. The summed E-state index contributed by atoms with van der Waals surface area (Å²) in [6, 6.07) is 13.2. The summed E-state index contributed by atoms with van der Waals surface area (Å²) in [4.78, 5) is 41.9. The Labute approximate surface area is 212 Å². The molecule has 6 heteroatoms. The molecule has 0 bridgehead atoms. The molecule has 1 saturated heterocycles. The van der Waals surface area contributed by atoms with E-state index in [4.69, 9.17) is 9.47 Å². The smallest absolute Gasteiger partial charge is 0.233 e. The number of allylic oxidation sites excluding steroid dienone is 2. The Hall–Kier alpha value is -3.41. The summed E-state index contributed by atoms with van der Waals surface area (Å²) in [5.41, 5.74) is 3.99. The monoisotopic (exact) mass is 487 g/mol. The number of rotatable bonds is 8. The van der Waals surface area contributed by atoms with Crippen LogP contribution < -0.4 is 9.47 Å². The van der Waals surface area contributed by atoms with E-state index in [9.17, 15) is 14.4 Å². The van der Waals surface area contributed by atoms with Crippen molar-refractivity contribution in [2.24, 2.45) is 23.7 Å². The fourth-order valence-electron chi connectivity index (χ4n) is 6.29. The minimum atomic E-state index is -0.454. The highest BCUT2D eigenvalue weighted by molar-refractivity contribution is 6.06. The topological polar surface area (TPSA) is 72.9 Å². The molecule has 0 radical (unpaired) electrons. The van der Waals surface area contributed by atoms with Crippen LogP contribution in [-0.4, -0.2) is 43.3 Å². The Kier molecular flexibility index (Phi) is 6.69. The molecule has 3 aliphatic rings. The molecule has 2 unspecified atom stereocenters. The third-order valence-electron chi connectivity index (χ3n) is 8.14. The molecule has 36 heavy (non-hydrogen) atoms. The van der Waals surface area contributed by atoms with E-state index in [1.165, 1.54) is 10.5 Å². The number of Topliss-reactive ketones (excluding diaryl/α,β-unsaturated/α-hetero) is 1. The predicted octanol–water partition coefficient (Wildman–Crippen LogP) is 4.79. The number of benzene rings is 2. The summed E-state index contributed by atoms with van der Waals surface area (Å²) in [5.74, 6) is 0.171. The predicted molar refractivity (Wildman–Crippen MR) is 136 cm³/mol. The molecule has 5 rings (SSSR count). The van der Waals surface area contributed by atoms with E-state index >= 15 is 0 Å². The third kappa shape index (κ3) is 4.34. The number of aryl methyl sites for hydroxylation is 1. The van der Waals surface area contributed by atoms with Gasteiger partial charge in [-0.2, -0.15) is 0 Å². The van der Waals surface area contributed by atoms with Gasteiger partial charge in [-0.1, -0.05) is 47.5 Å². The number of ketones is 1. The van der Waals surface area contributed by atoms with Gasteiger partial charge < -0.3 is 9.47 Å². The quantitative estimate of drug-likeness (QED) is 0.304. The van der Waals surface area contributed by atoms with Crippen molar-refractivity contribution in [2.75, 3.05) is 20.8 Å². The molecule has 6 nitrogen and oxygen atoms in total. The van der Waals surface area contributed by atoms with Crippen molar-refractivity contribution in [1.29, 1.82) is 0 Å². The Morgan fingerprint density at radius 3 is 2.42 bits per heavy atom. The highest BCUT2D eigenvalue weighted by Crippen LogP contribution is 2.51. The zero-order valence-electron chi connectivity index (χ0n) is 21.2. The van der Waals surface area contributed by atoms with Crippen LogP contribution in [0.15, 0.2) is 54.1 Å². The maximum atomic E-state index is 13.7. The van der Waals surface area contributed by atoms with Crippen molar-refractivity contribution >= 4 is 17.6 Å². The van der Waals surface area contributed by atoms with Gasteiger partial charge in [-0.05, 0) is 62.1 Å². The highest BCUT2D eigenvalue weighted by Gasteiger charge is 2.56. The van der Waals surface area contributed by atoms with E-state index in [1.54, 1.807) is 14.2 Å². The number of carbonyl (C=O) groups is 3. The van der Waals surface area contributed by atoms with Crippen LogP contribution in [0.4, 0.5) is 0 Å². The van der Waals surface area contributed by atoms with Crippen LogP contribution in [0.2, 0.25) is 0 Å². The van der Waals surface area contributed by atoms with Crippen LogP contribution in [-0.2, 0) is 16.0 Å². The molecule has 2 aromatic carbocycles. The fourth-order valence-corrected chi connectivity index (χ4v) is 6.29.